The first kappa shape index (κ1) is 13.1. The third-order valence-electron chi connectivity index (χ3n) is 3.90. The average molecular weight is 246 g/mol. The van der Waals surface area contributed by atoms with Crippen molar-refractivity contribution in [3.63, 3.8) is 0 Å². The average Bonchev–Trinajstić information content (AvgIpc) is 2.95. The van der Waals surface area contributed by atoms with Crippen LogP contribution in [0.3, 0.4) is 0 Å². The van der Waals surface area contributed by atoms with Crippen molar-refractivity contribution in [3.8, 4) is 0 Å². The molecule has 1 aliphatic rings. The number of nitrogens with one attached hydrogen (secondary N) is 1. The number of hydrogen-bond acceptors (Lipinski definition) is 2. The summed E-state index contributed by atoms with van der Waals surface area (Å²) >= 11 is 0. The molecule has 0 saturated heterocycles. The fourth-order valence-electron chi connectivity index (χ4n) is 2.35. The van der Waals surface area contributed by atoms with Gasteiger partial charge >= 0.3 is 0 Å². The fraction of sp³-hybridized carbons (Fsp3) is 0.533. The minimum Gasteiger partial charge on any atom is -0.352 e. The van der Waals surface area contributed by atoms with Gasteiger partial charge in [0.1, 0.15) is 0 Å². The maximum absolute atomic E-state index is 12.1. The Morgan fingerprint density at radius 2 is 2.11 bits per heavy atom. The van der Waals surface area contributed by atoms with E-state index in [1.165, 1.54) is 6.42 Å². The molecule has 98 valence electrons. The van der Waals surface area contributed by atoms with Crippen molar-refractivity contribution >= 4 is 5.91 Å². The lowest BCUT2D eigenvalue weighted by molar-refractivity contribution is 0.0949. The molecule has 1 saturated carbocycles. The lowest BCUT2D eigenvalue weighted by Gasteiger charge is -2.10. The van der Waals surface area contributed by atoms with E-state index in [4.69, 9.17) is 5.73 Å². The van der Waals surface area contributed by atoms with Crippen molar-refractivity contribution in [2.24, 2.45) is 17.1 Å². The molecule has 0 aliphatic heterocycles. The summed E-state index contributed by atoms with van der Waals surface area (Å²) in [6.07, 6.45) is 1.95. The van der Waals surface area contributed by atoms with Crippen LogP contribution >= 0.6 is 0 Å². The van der Waals surface area contributed by atoms with E-state index in [1.54, 1.807) is 0 Å². The van der Waals surface area contributed by atoms with E-state index in [2.05, 4.69) is 19.2 Å². The van der Waals surface area contributed by atoms with Crippen LogP contribution in [-0.4, -0.2) is 19.0 Å². The smallest absolute Gasteiger partial charge is 0.251 e. The van der Waals surface area contributed by atoms with E-state index in [1.807, 2.05) is 24.3 Å². The summed E-state index contributed by atoms with van der Waals surface area (Å²) in [5.41, 5.74) is 7.77. The topological polar surface area (TPSA) is 55.1 Å². The molecule has 0 heterocycles. The van der Waals surface area contributed by atoms with E-state index in [9.17, 15) is 4.79 Å². The Hall–Kier alpha value is -1.35. The lowest BCUT2D eigenvalue weighted by Crippen LogP contribution is -2.27. The van der Waals surface area contributed by atoms with E-state index < -0.39 is 0 Å². The highest BCUT2D eigenvalue weighted by atomic mass is 16.1. The quantitative estimate of drug-likeness (QED) is 0.834. The van der Waals surface area contributed by atoms with Gasteiger partial charge in [-0.25, -0.2) is 0 Å². The molecule has 3 heteroatoms. The monoisotopic (exact) mass is 246 g/mol. The van der Waals surface area contributed by atoms with Gasteiger partial charge in [-0.2, -0.15) is 0 Å². The maximum Gasteiger partial charge on any atom is 0.251 e. The Morgan fingerprint density at radius 3 is 2.72 bits per heavy atom. The van der Waals surface area contributed by atoms with Crippen molar-refractivity contribution in [1.82, 2.24) is 5.32 Å². The lowest BCUT2D eigenvalue weighted by atomic mass is 10.0. The van der Waals surface area contributed by atoms with Gasteiger partial charge in [0.15, 0.2) is 0 Å². The van der Waals surface area contributed by atoms with Crippen molar-refractivity contribution in [2.45, 2.75) is 26.7 Å². The SMILES string of the molecule is CC1(C)CC1CNC(=O)c1ccccc1CCN. The van der Waals surface area contributed by atoms with E-state index in [0.29, 0.717) is 17.9 Å². The molecule has 1 unspecified atom stereocenters. The Balaban J connectivity index is 1.96. The highest BCUT2D eigenvalue weighted by Crippen LogP contribution is 2.50. The van der Waals surface area contributed by atoms with Crippen molar-refractivity contribution < 1.29 is 4.79 Å². The summed E-state index contributed by atoms with van der Waals surface area (Å²) in [6, 6.07) is 7.70. The van der Waals surface area contributed by atoms with Crippen LogP contribution in [-0.2, 0) is 6.42 Å². The molecule has 0 radical (unpaired) electrons. The van der Waals surface area contributed by atoms with Crippen molar-refractivity contribution in [3.05, 3.63) is 35.4 Å². The molecule has 0 spiro atoms. The van der Waals surface area contributed by atoms with Gasteiger partial charge in [0.05, 0.1) is 0 Å². The minimum atomic E-state index is 0.0294. The number of carbonyl (C=O) groups is 1. The third-order valence-corrected chi connectivity index (χ3v) is 3.90. The molecule has 1 amide bonds. The molecule has 1 atom stereocenters. The van der Waals surface area contributed by atoms with E-state index >= 15 is 0 Å². The van der Waals surface area contributed by atoms with Gasteiger partial charge in [-0.1, -0.05) is 32.0 Å². The predicted molar refractivity (Wildman–Crippen MR) is 73.4 cm³/mol. The van der Waals surface area contributed by atoms with Crippen LogP contribution in [0.25, 0.3) is 0 Å². The second-order valence-electron chi connectivity index (χ2n) is 5.80. The van der Waals surface area contributed by atoms with Gasteiger partial charge in [0, 0.05) is 12.1 Å². The minimum absolute atomic E-state index is 0.0294. The molecule has 3 N–H and O–H groups in total. The molecule has 0 aromatic heterocycles. The molecule has 1 fully saturated rings. The zero-order valence-corrected chi connectivity index (χ0v) is 11.2. The second-order valence-corrected chi connectivity index (χ2v) is 5.80. The highest BCUT2D eigenvalue weighted by molar-refractivity contribution is 5.95. The third kappa shape index (κ3) is 2.91. The summed E-state index contributed by atoms with van der Waals surface area (Å²) in [6.45, 7) is 5.83. The van der Waals surface area contributed by atoms with Gasteiger partial charge in [-0.05, 0) is 42.3 Å². The zero-order valence-electron chi connectivity index (χ0n) is 11.2. The Morgan fingerprint density at radius 1 is 1.44 bits per heavy atom. The number of benzene rings is 1. The summed E-state index contributed by atoms with van der Waals surface area (Å²) in [4.78, 5) is 12.1. The van der Waals surface area contributed by atoms with Crippen LogP contribution in [0, 0.1) is 11.3 Å². The number of nitrogens with two attached hydrogens (primary N) is 1. The van der Waals surface area contributed by atoms with Gasteiger partial charge in [0.2, 0.25) is 0 Å². The van der Waals surface area contributed by atoms with Gasteiger partial charge in [0.25, 0.3) is 5.91 Å². The summed E-state index contributed by atoms with van der Waals surface area (Å²) in [5, 5.41) is 3.04. The molecular weight excluding hydrogens is 224 g/mol. The second kappa shape index (κ2) is 5.11. The van der Waals surface area contributed by atoms with E-state index in [-0.39, 0.29) is 5.91 Å². The normalized spacial score (nSPS) is 20.5. The van der Waals surface area contributed by atoms with E-state index in [0.717, 1.165) is 24.1 Å². The molecular formula is C15H22N2O. The molecule has 1 aromatic rings. The predicted octanol–water partition coefficient (Wildman–Crippen LogP) is 1.96. The number of hydrogen-bond donors (Lipinski definition) is 2. The largest absolute Gasteiger partial charge is 0.352 e. The number of amides is 1. The van der Waals surface area contributed by atoms with Crippen LogP contribution < -0.4 is 11.1 Å². The van der Waals surface area contributed by atoms with Crippen LogP contribution in [0.1, 0.15) is 36.2 Å². The summed E-state index contributed by atoms with van der Waals surface area (Å²) < 4.78 is 0. The molecule has 0 bridgehead atoms. The first-order valence-electron chi connectivity index (χ1n) is 6.61. The van der Waals surface area contributed by atoms with Gasteiger partial charge < -0.3 is 11.1 Å². The van der Waals surface area contributed by atoms with Gasteiger partial charge in [-0.3, -0.25) is 4.79 Å². The molecule has 1 aromatic carbocycles. The highest BCUT2D eigenvalue weighted by Gasteiger charge is 2.45. The van der Waals surface area contributed by atoms with Crippen molar-refractivity contribution in [2.75, 3.05) is 13.1 Å². The first-order valence-corrected chi connectivity index (χ1v) is 6.61. The molecule has 1 aliphatic carbocycles. The summed E-state index contributed by atoms with van der Waals surface area (Å²) in [5.74, 6) is 0.657. The fourth-order valence-corrected chi connectivity index (χ4v) is 2.35. The first-order chi connectivity index (χ1) is 8.54. The number of carbonyl (C=O) groups excluding carboxylic acids is 1. The Labute approximate surface area is 109 Å². The van der Waals surface area contributed by atoms with Crippen LogP contribution in [0.2, 0.25) is 0 Å². The Bertz CT molecular complexity index is 440. The van der Waals surface area contributed by atoms with Crippen molar-refractivity contribution in [1.29, 1.82) is 0 Å². The number of rotatable bonds is 5. The van der Waals surface area contributed by atoms with Crippen LogP contribution in [0.15, 0.2) is 24.3 Å². The van der Waals surface area contributed by atoms with Crippen LogP contribution in [0.4, 0.5) is 0 Å². The maximum atomic E-state index is 12.1. The zero-order chi connectivity index (χ0) is 13.2. The Kier molecular flexibility index (Phi) is 3.71. The molecule has 2 rings (SSSR count). The van der Waals surface area contributed by atoms with Crippen LogP contribution in [0.5, 0.6) is 0 Å². The summed E-state index contributed by atoms with van der Waals surface area (Å²) in [7, 11) is 0. The molecule has 18 heavy (non-hydrogen) atoms. The van der Waals surface area contributed by atoms with Gasteiger partial charge in [-0.15, -0.1) is 0 Å². The molecule has 3 nitrogen and oxygen atoms in total. The standard InChI is InChI=1S/C15H22N2O/c1-15(2)9-12(15)10-17-14(18)13-6-4-3-5-11(13)7-8-16/h3-6,12H,7-10,16H2,1-2H3,(H,17,18).